The SMILES string of the molecule is Cc1cc(-c2nnc3cc(C4(C)CC4)c(OCc4ncn(C)n4)nn23)no1. The van der Waals surface area contributed by atoms with Crippen LogP contribution in [0, 0.1) is 6.92 Å². The van der Waals surface area contributed by atoms with E-state index in [9.17, 15) is 0 Å². The van der Waals surface area contributed by atoms with Crippen LogP contribution in [0.15, 0.2) is 23.0 Å². The maximum absolute atomic E-state index is 6.01. The first kappa shape index (κ1) is 15.9. The highest BCUT2D eigenvalue weighted by molar-refractivity contribution is 5.57. The second-order valence-electron chi connectivity index (χ2n) is 7.16. The highest BCUT2D eigenvalue weighted by Gasteiger charge is 2.42. The summed E-state index contributed by atoms with van der Waals surface area (Å²) in [4.78, 5) is 4.20. The van der Waals surface area contributed by atoms with Crippen LogP contribution >= 0.6 is 0 Å². The number of nitrogens with zero attached hydrogens (tertiary/aromatic N) is 8. The summed E-state index contributed by atoms with van der Waals surface area (Å²) >= 11 is 0. The zero-order chi connectivity index (χ0) is 18.6. The van der Waals surface area contributed by atoms with Crippen LogP contribution in [0.25, 0.3) is 17.2 Å². The van der Waals surface area contributed by atoms with E-state index in [0.29, 0.717) is 34.6 Å². The topological polar surface area (TPSA) is 109 Å². The quantitative estimate of drug-likeness (QED) is 0.526. The molecule has 1 saturated carbocycles. The predicted octanol–water partition coefficient (Wildman–Crippen LogP) is 1.85. The third-order valence-corrected chi connectivity index (χ3v) is 4.85. The monoisotopic (exact) mass is 366 g/mol. The van der Waals surface area contributed by atoms with Crippen molar-refractivity contribution in [1.29, 1.82) is 0 Å². The van der Waals surface area contributed by atoms with Crippen LogP contribution in [0.5, 0.6) is 5.88 Å². The van der Waals surface area contributed by atoms with Crippen molar-refractivity contribution in [2.45, 2.75) is 38.7 Å². The van der Waals surface area contributed by atoms with Crippen molar-refractivity contribution in [2.24, 2.45) is 7.05 Å². The van der Waals surface area contributed by atoms with Crippen molar-refractivity contribution in [3.63, 3.8) is 0 Å². The normalized spacial score (nSPS) is 15.4. The Morgan fingerprint density at radius 3 is 2.74 bits per heavy atom. The number of aromatic nitrogens is 8. The first-order valence-corrected chi connectivity index (χ1v) is 8.70. The van der Waals surface area contributed by atoms with E-state index in [-0.39, 0.29) is 12.0 Å². The van der Waals surface area contributed by atoms with Crippen molar-refractivity contribution < 1.29 is 9.26 Å². The van der Waals surface area contributed by atoms with E-state index < -0.39 is 0 Å². The summed E-state index contributed by atoms with van der Waals surface area (Å²) < 4.78 is 14.4. The van der Waals surface area contributed by atoms with Crippen LogP contribution in [0.2, 0.25) is 0 Å². The minimum Gasteiger partial charge on any atom is -0.468 e. The van der Waals surface area contributed by atoms with Crippen molar-refractivity contribution in [3.05, 3.63) is 35.6 Å². The molecule has 0 amide bonds. The standard InChI is InChI=1S/C17H18N8O2/c1-10-6-12(23-27-10)15-20-19-14-7-11(17(2)4-5-17)16(22-25(14)15)26-8-13-18-9-24(3)21-13/h6-7,9H,4-5,8H2,1-3H3. The van der Waals surface area contributed by atoms with Crippen molar-refractivity contribution >= 4 is 5.65 Å². The molecular formula is C17H18N8O2. The lowest BCUT2D eigenvalue weighted by Crippen LogP contribution is -2.11. The van der Waals surface area contributed by atoms with Gasteiger partial charge in [0.05, 0.1) is 0 Å². The molecule has 0 atom stereocenters. The van der Waals surface area contributed by atoms with E-state index >= 15 is 0 Å². The fourth-order valence-corrected chi connectivity index (χ4v) is 3.03. The number of rotatable bonds is 5. The van der Waals surface area contributed by atoms with E-state index in [2.05, 4.69) is 37.5 Å². The van der Waals surface area contributed by atoms with Crippen LogP contribution in [0.3, 0.4) is 0 Å². The van der Waals surface area contributed by atoms with Crippen molar-refractivity contribution in [2.75, 3.05) is 0 Å². The van der Waals surface area contributed by atoms with Crippen LogP contribution in [-0.4, -0.2) is 39.7 Å². The Morgan fingerprint density at radius 1 is 1.22 bits per heavy atom. The van der Waals surface area contributed by atoms with Gasteiger partial charge in [-0.1, -0.05) is 12.1 Å². The smallest absolute Gasteiger partial charge is 0.236 e. The van der Waals surface area contributed by atoms with Gasteiger partial charge < -0.3 is 9.26 Å². The highest BCUT2D eigenvalue weighted by atomic mass is 16.5. The number of aryl methyl sites for hydroxylation is 2. The number of hydrogen-bond donors (Lipinski definition) is 0. The number of fused-ring (bicyclic) bond motifs is 1. The van der Waals surface area contributed by atoms with E-state index in [1.165, 1.54) is 0 Å². The maximum atomic E-state index is 6.01. The van der Waals surface area contributed by atoms with E-state index in [1.54, 1.807) is 21.6 Å². The molecule has 1 fully saturated rings. The Labute approximate surface area is 154 Å². The third kappa shape index (κ3) is 2.73. The minimum absolute atomic E-state index is 0.0538. The molecule has 10 heteroatoms. The van der Waals surface area contributed by atoms with Crippen molar-refractivity contribution in [3.8, 4) is 17.4 Å². The zero-order valence-corrected chi connectivity index (χ0v) is 15.2. The lowest BCUT2D eigenvalue weighted by molar-refractivity contribution is 0.274. The average molecular weight is 366 g/mol. The van der Waals surface area contributed by atoms with Gasteiger partial charge in [0.2, 0.25) is 11.7 Å². The average Bonchev–Trinajstić information content (AvgIpc) is 3.02. The maximum Gasteiger partial charge on any atom is 0.236 e. The summed E-state index contributed by atoms with van der Waals surface area (Å²) in [6.45, 7) is 4.27. The molecule has 4 heterocycles. The van der Waals surface area contributed by atoms with Crippen LogP contribution in [-0.2, 0) is 19.1 Å². The summed E-state index contributed by atoms with van der Waals surface area (Å²) in [5.74, 6) is 2.34. The molecule has 1 aliphatic rings. The van der Waals surface area contributed by atoms with E-state index in [4.69, 9.17) is 9.26 Å². The third-order valence-electron chi connectivity index (χ3n) is 4.85. The van der Waals surface area contributed by atoms with Gasteiger partial charge in [-0.05, 0) is 31.2 Å². The fourth-order valence-electron chi connectivity index (χ4n) is 3.03. The molecular weight excluding hydrogens is 348 g/mol. The molecule has 27 heavy (non-hydrogen) atoms. The first-order chi connectivity index (χ1) is 13.0. The van der Waals surface area contributed by atoms with Gasteiger partial charge in [-0.15, -0.1) is 15.3 Å². The molecule has 0 N–H and O–H groups in total. The molecule has 138 valence electrons. The predicted molar refractivity (Wildman–Crippen MR) is 92.9 cm³/mol. The van der Waals surface area contributed by atoms with Gasteiger partial charge in [0, 0.05) is 18.7 Å². The molecule has 10 nitrogen and oxygen atoms in total. The molecule has 0 radical (unpaired) electrons. The highest BCUT2D eigenvalue weighted by Crippen LogP contribution is 2.50. The Bertz CT molecular complexity index is 1140. The second kappa shape index (κ2) is 5.60. The Morgan fingerprint density at radius 2 is 2.07 bits per heavy atom. The Hall–Kier alpha value is -3.30. The van der Waals surface area contributed by atoms with Gasteiger partial charge in [0.25, 0.3) is 0 Å². The summed E-state index contributed by atoms with van der Waals surface area (Å²) in [6.07, 6.45) is 3.82. The van der Waals surface area contributed by atoms with E-state index in [1.807, 2.05) is 20.0 Å². The van der Waals surface area contributed by atoms with Gasteiger partial charge in [-0.25, -0.2) is 4.98 Å². The first-order valence-electron chi connectivity index (χ1n) is 8.70. The molecule has 0 spiro atoms. The van der Waals surface area contributed by atoms with Gasteiger partial charge >= 0.3 is 0 Å². The molecule has 0 aromatic carbocycles. The van der Waals surface area contributed by atoms with Crippen molar-refractivity contribution in [1.82, 2.24) is 39.7 Å². The van der Waals surface area contributed by atoms with E-state index in [0.717, 1.165) is 18.4 Å². The molecule has 5 rings (SSSR count). The summed E-state index contributed by atoms with van der Waals surface area (Å²) in [5, 5.41) is 21.4. The summed E-state index contributed by atoms with van der Waals surface area (Å²) in [7, 11) is 1.82. The molecule has 0 saturated heterocycles. The molecule has 0 bridgehead atoms. The summed E-state index contributed by atoms with van der Waals surface area (Å²) in [5.41, 5.74) is 2.31. The molecule has 0 unspecified atom stereocenters. The molecule has 4 aromatic rings. The lowest BCUT2D eigenvalue weighted by Gasteiger charge is -2.14. The molecule has 4 aromatic heterocycles. The van der Waals surface area contributed by atoms with Gasteiger partial charge in [-0.3, -0.25) is 4.68 Å². The second-order valence-corrected chi connectivity index (χ2v) is 7.16. The number of hydrogen-bond acceptors (Lipinski definition) is 8. The zero-order valence-electron chi connectivity index (χ0n) is 15.2. The fraction of sp³-hybridized carbons (Fsp3) is 0.412. The van der Waals surface area contributed by atoms with Crippen LogP contribution in [0.4, 0.5) is 0 Å². The lowest BCUT2D eigenvalue weighted by atomic mass is 10.0. The Balaban J connectivity index is 1.58. The minimum atomic E-state index is 0.0538. The molecule has 0 aliphatic heterocycles. The molecule has 1 aliphatic carbocycles. The van der Waals surface area contributed by atoms with Gasteiger partial charge in [-0.2, -0.15) is 9.61 Å². The van der Waals surface area contributed by atoms with Crippen LogP contribution in [0.1, 0.15) is 36.9 Å². The summed E-state index contributed by atoms with van der Waals surface area (Å²) in [6, 6.07) is 3.79. The Kier molecular flexibility index (Phi) is 3.30. The largest absolute Gasteiger partial charge is 0.468 e. The van der Waals surface area contributed by atoms with Crippen LogP contribution < -0.4 is 4.74 Å². The number of ether oxygens (including phenoxy) is 1. The van der Waals surface area contributed by atoms with Gasteiger partial charge in [0.15, 0.2) is 23.8 Å². The van der Waals surface area contributed by atoms with Gasteiger partial charge in [0.1, 0.15) is 12.1 Å².